The molecule has 1 aromatic carbocycles. The molecule has 0 spiro atoms. The molecule has 5 nitrogen and oxygen atoms in total. The zero-order valence-corrected chi connectivity index (χ0v) is 12.1. The fraction of sp³-hybridized carbons (Fsp3) is 0.176. The minimum Gasteiger partial charge on any atom is -0.493 e. The van der Waals surface area contributed by atoms with Crippen molar-refractivity contribution in [2.75, 3.05) is 0 Å². The second-order valence-corrected chi connectivity index (χ2v) is 5.72. The molecule has 0 saturated heterocycles. The number of aromatic hydroxyl groups is 1. The van der Waals surface area contributed by atoms with E-state index in [-0.39, 0.29) is 29.3 Å². The van der Waals surface area contributed by atoms with Crippen molar-refractivity contribution in [2.45, 2.75) is 18.4 Å². The number of aromatic nitrogens is 3. The molecule has 1 fully saturated rings. The van der Waals surface area contributed by atoms with Gasteiger partial charge in [0.1, 0.15) is 5.82 Å². The molecule has 2 unspecified atom stereocenters. The molecule has 1 saturated carbocycles. The van der Waals surface area contributed by atoms with E-state index in [0.29, 0.717) is 0 Å². The first-order chi connectivity index (χ1) is 11.1. The van der Waals surface area contributed by atoms with Crippen LogP contribution in [0.3, 0.4) is 0 Å². The van der Waals surface area contributed by atoms with Crippen molar-refractivity contribution in [3.8, 4) is 17.1 Å². The highest BCUT2D eigenvalue weighted by atomic mass is 19.1. The Kier molecular flexibility index (Phi) is 3.04. The lowest BCUT2D eigenvalue weighted by Crippen LogP contribution is -2.15. The Morgan fingerprint density at radius 1 is 1.22 bits per heavy atom. The average molecular weight is 311 g/mol. The predicted octanol–water partition coefficient (Wildman–Crippen LogP) is 2.81. The number of nitrogens with zero attached hydrogens (tertiary/aromatic N) is 2. The zero-order chi connectivity index (χ0) is 16.0. The third-order valence-corrected chi connectivity index (χ3v) is 4.23. The van der Waals surface area contributed by atoms with Crippen molar-refractivity contribution in [3.05, 3.63) is 70.7 Å². The van der Waals surface area contributed by atoms with E-state index in [4.69, 9.17) is 0 Å². The predicted molar refractivity (Wildman–Crippen MR) is 82.7 cm³/mol. The summed E-state index contributed by atoms with van der Waals surface area (Å²) in [6.45, 7) is 0. The van der Waals surface area contributed by atoms with Crippen LogP contribution in [0.4, 0.5) is 4.39 Å². The number of imidazole rings is 1. The van der Waals surface area contributed by atoms with Gasteiger partial charge in [-0.25, -0.2) is 9.18 Å². The first kappa shape index (κ1) is 13.8. The topological polar surface area (TPSA) is 70.9 Å². The number of nitrogens with one attached hydrogen (secondary N) is 1. The van der Waals surface area contributed by atoms with Gasteiger partial charge < -0.3 is 10.1 Å². The van der Waals surface area contributed by atoms with Crippen molar-refractivity contribution < 1.29 is 9.50 Å². The van der Waals surface area contributed by atoms with Crippen molar-refractivity contribution in [2.24, 2.45) is 0 Å². The van der Waals surface area contributed by atoms with Crippen molar-refractivity contribution >= 4 is 0 Å². The number of halogens is 1. The van der Waals surface area contributed by atoms with Crippen LogP contribution in [0.15, 0.2) is 53.6 Å². The quantitative estimate of drug-likeness (QED) is 0.781. The van der Waals surface area contributed by atoms with Gasteiger partial charge in [0.05, 0.1) is 11.9 Å². The van der Waals surface area contributed by atoms with Gasteiger partial charge >= 0.3 is 5.69 Å². The molecule has 0 amide bonds. The van der Waals surface area contributed by atoms with Gasteiger partial charge in [0, 0.05) is 23.7 Å². The Morgan fingerprint density at radius 3 is 2.61 bits per heavy atom. The second kappa shape index (κ2) is 5.08. The van der Waals surface area contributed by atoms with Gasteiger partial charge in [0.15, 0.2) is 0 Å². The Hall–Kier alpha value is -2.89. The maximum absolute atomic E-state index is 13.0. The maximum atomic E-state index is 13.0. The highest BCUT2D eigenvalue weighted by molar-refractivity contribution is 5.59. The molecule has 0 aliphatic heterocycles. The van der Waals surface area contributed by atoms with E-state index in [2.05, 4.69) is 9.97 Å². The summed E-state index contributed by atoms with van der Waals surface area (Å²) in [5.74, 6) is -0.148. The van der Waals surface area contributed by atoms with Gasteiger partial charge in [0.2, 0.25) is 5.88 Å². The summed E-state index contributed by atoms with van der Waals surface area (Å²) in [5, 5.41) is 9.71. The first-order valence-electron chi connectivity index (χ1n) is 7.34. The molecule has 2 aromatic heterocycles. The first-order valence-corrected chi connectivity index (χ1v) is 7.34. The van der Waals surface area contributed by atoms with Crippen molar-refractivity contribution in [3.63, 3.8) is 0 Å². The smallest absolute Gasteiger partial charge is 0.328 e. The van der Waals surface area contributed by atoms with Crippen LogP contribution in [0.25, 0.3) is 11.3 Å². The SMILES string of the molecule is O=c1[nH]cc(O)n1C1CC1c1ccc(-c2ccc(F)cc2)nc1. The van der Waals surface area contributed by atoms with E-state index in [0.717, 1.165) is 23.2 Å². The average Bonchev–Trinajstić information content (AvgIpc) is 3.27. The second-order valence-electron chi connectivity index (χ2n) is 5.72. The summed E-state index contributed by atoms with van der Waals surface area (Å²) in [5.41, 5.74) is 2.34. The van der Waals surface area contributed by atoms with Crippen molar-refractivity contribution in [1.29, 1.82) is 0 Å². The standard InChI is InChI=1S/C17H14FN3O2/c18-12-4-1-10(2-5-12)14-6-3-11(8-19-14)13-7-15(13)21-16(22)9-20-17(21)23/h1-6,8-9,13,15,22H,7H2,(H,20,23). The number of benzene rings is 1. The van der Waals surface area contributed by atoms with Crippen LogP contribution >= 0.6 is 0 Å². The summed E-state index contributed by atoms with van der Waals surface area (Å²) < 4.78 is 14.3. The maximum Gasteiger partial charge on any atom is 0.328 e. The lowest BCUT2D eigenvalue weighted by molar-refractivity contribution is 0.413. The van der Waals surface area contributed by atoms with E-state index in [1.165, 1.54) is 22.9 Å². The molecule has 2 heterocycles. The van der Waals surface area contributed by atoms with Crippen LogP contribution in [-0.4, -0.2) is 19.6 Å². The molecule has 1 aliphatic carbocycles. The molecule has 4 rings (SSSR count). The summed E-state index contributed by atoms with van der Waals surface area (Å²) >= 11 is 0. The lowest BCUT2D eigenvalue weighted by Gasteiger charge is -2.05. The minimum atomic E-state index is -0.300. The van der Waals surface area contributed by atoms with Crippen LogP contribution in [0, 0.1) is 5.82 Å². The number of pyridine rings is 1. The Labute approximate surface area is 131 Å². The van der Waals surface area contributed by atoms with E-state index in [1.807, 2.05) is 12.1 Å². The lowest BCUT2D eigenvalue weighted by atomic mass is 10.1. The molecule has 6 heteroatoms. The van der Waals surface area contributed by atoms with Gasteiger partial charge in [-0.15, -0.1) is 0 Å². The number of hydrogen-bond acceptors (Lipinski definition) is 3. The number of rotatable bonds is 3. The molecule has 1 aliphatic rings. The summed E-state index contributed by atoms with van der Waals surface area (Å²) in [4.78, 5) is 18.6. The van der Waals surface area contributed by atoms with Gasteiger partial charge in [-0.2, -0.15) is 0 Å². The molecule has 2 atom stereocenters. The molecule has 116 valence electrons. The number of H-pyrrole nitrogens is 1. The minimum absolute atomic E-state index is 0.0350. The van der Waals surface area contributed by atoms with Crippen LogP contribution in [0.5, 0.6) is 5.88 Å². The molecule has 0 bridgehead atoms. The molecular weight excluding hydrogens is 297 g/mol. The van der Waals surface area contributed by atoms with Gasteiger partial charge in [-0.1, -0.05) is 6.07 Å². The summed E-state index contributed by atoms with van der Waals surface area (Å²) in [7, 11) is 0. The third kappa shape index (κ3) is 2.42. The molecular formula is C17H14FN3O2. The summed E-state index contributed by atoms with van der Waals surface area (Å²) in [6, 6.07) is 10.0. The normalized spacial score (nSPS) is 19.7. The van der Waals surface area contributed by atoms with E-state index >= 15 is 0 Å². The largest absolute Gasteiger partial charge is 0.493 e. The van der Waals surface area contributed by atoms with Crippen molar-refractivity contribution in [1.82, 2.24) is 14.5 Å². The Morgan fingerprint density at radius 2 is 2.00 bits per heavy atom. The molecule has 23 heavy (non-hydrogen) atoms. The Bertz CT molecular complexity index is 897. The van der Waals surface area contributed by atoms with Crippen LogP contribution < -0.4 is 5.69 Å². The van der Waals surface area contributed by atoms with Crippen LogP contribution in [0.1, 0.15) is 23.9 Å². The number of aromatic amines is 1. The van der Waals surface area contributed by atoms with Gasteiger partial charge in [0.25, 0.3) is 0 Å². The van der Waals surface area contributed by atoms with Gasteiger partial charge in [-0.05, 0) is 42.3 Å². The molecule has 3 aromatic rings. The van der Waals surface area contributed by atoms with E-state index in [1.54, 1.807) is 18.3 Å². The fourth-order valence-electron chi connectivity index (χ4n) is 2.93. The highest BCUT2D eigenvalue weighted by Crippen LogP contribution is 2.51. The monoisotopic (exact) mass is 311 g/mol. The highest BCUT2D eigenvalue weighted by Gasteiger charge is 2.42. The van der Waals surface area contributed by atoms with Crippen LogP contribution in [-0.2, 0) is 0 Å². The van der Waals surface area contributed by atoms with Crippen LogP contribution in [0.2, 0.25) is 0 Å². The number of hydrogen-bond donors (Lipinski definition) is 2. The zero-order valence-electron chi connectivity index (χ0n) is 12.1. The molecule has 0 radical (unpaired) electrons. The van der Waals surface area contributed by atoms with E-state index < -0.39 is 0 Å². The molecule has 2 N–H and O–H groups in total. The fourth-order valence-corrected chi connectivity index (χ4v) is 2.93. The Balaban J connectivity index is 1.56. The summed E-state index contributed by atoms with van der Waals surface area (Å²) in [6.07, 6.45) is 3.87. The van der Waals surface area contributed by atoms with Gasteiger partial charge in [-0.3, -0.25) is 9.55 Å². The third-order valence-electron chi connectivity index (χ3n) is 4.23. The van der Waals surface area contributed by atoms with E-state index in [9.17, 15) is 14.3 Å².